The predicted octanol–water partition coefficient (Wildman–Crippen LogP) is 3.15. The van der Waals surface area contributed by atoms with Gasteiger partial charge in [-0.2, -0.15) is 0 Å². The number of carboxylic acid groups (broad SMARTS) is 1. The van der Waals surface area contributed by atoms with Crippen molar-refractivity contribution in [2.75, 3.05) is 7.05 Å². The lowest BCUT2D eigenvalue weighted by atomic mass is 9.80. The van der Waals surface area contributed by atoms with Crippen molar-refractivity contribution in [3.05, 3.63) is 33.4 Å². The average molecular weight is 387 g/mol. The standard InChI is InChI=1S/C15H18INO3/c1-17(13(18)11-6-5-7-12(16)10-11)15(14(19)20)8-3-2-4-9-15/h5-7,10H,2-4,8-9H2,1H3,(H,19,20). The highest BCUT2D eigenvalue weighted by Crippen LogP contribution is 2.34. The lowest BCUT2D eigenvalue weighted by Crippen LogP contribution is -2.56. The Hall–Kier alpha value is -1.11. The summed E-state index contributed by atoms with van der Waals surface area (Å²) in [6.45, 7) is 0. The summed E-state index contributed by atoms with van der Waals surface area (Å²) in [4.78, 5) is 25.7. The fourth-order valence-corrected chi connectivity index (χ4v) is 3.38. The van der Waals surface area contributed by atoms with Crippen LogP contribution in [0.5, 0.6) is 0 Å². The molecule has 1 saturated carbocycles. The second kappa shape index (κ2) is 6.11. The predicted molar refractivity (Wildman–Crippen MR) is 84.7 cm³/mol. The molecule has 0 spiro atoms. The Morgan fingerprint density at radius 1 is 1.25 bits per heavy atom. The minimum atomic E-state index is -1.05. The first-order valence-electron chi connectivity index (χ1n) is 6.74. The van der Waals surface area contributed by atoms with E-state index >= 15 is 0 Å². The number of carbonyl (C=O) groups is 2. The number of hydrogen-bond acceptors (Lipinski definition) is 2. The first kappa shape index (κ1) is 15.3. The molecule has 0 heterocycles. The van der Waals surface area contributed by atoms with Crippen molar-refractivity contribution in [3.63, 3.8) is 0 Å². The molecular weight excluding hydrogens is 369 g/mol. The fraction of sp³-hybridized carbons (Fsp3) is 0.467. The van der Waals surface area contributed by atoms with Gasteiger partial charge in [-0.25, -0.2) is 4.79 Å². The van der Waals surface area contributed by atoms with Crippen LogP contribution in [0.4, 0.5) is 0 Å². The molecule has 1 aromatic carbocycles. The molecule has 20 heavy (non-hydrogen) atoms. The van der Waals surface area contributed by atoms with Crippen LogP contribution in [0.1, 0.15) is 42.5 Å². The molecule has 1 aliphatic rings. The van der Waals surface area contributed by atoms with Crippen molar-refractivity contribution >= 4 is 34.5 Å². The van der Waals surface area contributed by atoms with E-state index in [-0.39, 0.29) is 5.91 Å². The van der Waals surface area contributed by atoms with Crippen LogP contribution in [-0.4, -0.2) is 34.5 Å². The van der Waals surface area contributed by atoms with E-state index < -0.39 is 11.5 Å². The molecule has 4 nitrogen and oxygen atoms in total. The van der Waals surface area contributed by atoms with Crippen LogP contribution in [0.2, 0.25) is 0 Å². The molecule has 2 rings (SSSR count). The molecule has 0 aromatic heterocycles. The minimum Gasteiger partial charge on any atom is -0.479 e. The molecule has 1 aliphatic carbocycles. The lowest BCUT2D eigenvalue weighted by molar-refractivity contribution is -0.151. The van der Waals surface area contributed by atoms with Crippen LogP contribution in [0.25, 0.3) is 0 Å². The summed E-state index contributed by atoms with van der Waals surface area (Å²) in [6.07, 6.45) is 3.83. The van der Waals surface area contributed by atoms with E-state index in [4.69, 9.17) is 0 Å². The zero-order valence-corrected chi connectivity index (χ0v) is 13.6. The van der Waals surface area contributed by atoms with E-state index in [2.05, 4.69) is 22.6 Å². The van der Waals surface area contributed by atoms with Crippen molar-refractivity contribution in [1.29, 1.82) is 0 Å². The summed E-state index contributed by atoms with van der Waals surface area (Å²) in [5, 5.41) is 9.61. The van der Waals surface area contributed by atoms with Crippen molar-refractivity contribution < 1.29 is 14.7 Å². The Balaban J connectivity index is 2.30. The Kier molecular flexibility index (Phi) is 4.67. The molecule has 5 heteroatoms. The number of halogens is 1. The largest absolute Gasteiger partial charge is 0.479 e. The SMILES string of the molecule is CN(C(=O)c1cccc(I)c1)C1(C(=O)O)CCCCC1. The zero-order chi connectivity index (χ0) is 14.8. The molecule has 0 saturated heterocycles. The van der Waals surface area contributed by atoms with Crippen molar-refractivity contribution in [3.8, 4) is 0 Å². The van der Waals surface area contributed by atoms with E-state index in [1.54, 1.807) is 19.2 Å². The van der Waals surface area contributed by atoms with E-state index in [1.807, 2.05) is 12.1 Å². The lowest BCUT2D eigenvalue weighted by Gasteiger charge is -2.41. The van der Waals surface area contributed by atoms with E-state index in [0.717, 1.165) is 22.8 Å². The first-order chi connectivity index (χ1) is 9.47. The highest BCUT2D eigenvalue weighted by molar-refractivity contribution is 14.1. The number of carbonyl (C=O) groups excluding carboxylic acids is 1. The van der Waals surface area contributed by atoms with Gasteiger partial charge in [-0.15, -0.1) is 0 Å². The van der Waals surface area contributed by atoms with Gasteiger partial charge < -0.3 is 10.0 Å². The zero-order valence-electron chi connectivity index (χ0n) is 11.4. The smallest absolute Gasteiger partial charge is 0.329 e. The molecule has 1 fully saturated rings. The highest BCUT2D eigenvalue weighted by atomic mass is 127. The van der Waals surface area contributed by atoms with Crippen molar-refractivity contribution in [2.24, 2.45) is 0 Å². The summed E-state index contributed by atoms with van der Waals surface area (Å²) in [6, 6.07) is 7.25. The molecule has 0 atom stereocenters. The molecular formula is C15H18INO3. The number of nitrogens with zero attached hydrogens (tertiary/aromatic N) is 1. The average Bonchev–Trinajstić information content (AvgIpc) is 2.46. The van der Waals surface area contributed by atoms with E-state index in [0.29, 0.717) is 18.4 Å². The fourth-order valence-electron chi connectivity index (χ4n) is 2.84. The first-order valence-corrected chi connectivity index (χ1v) is 7.82. The molecule has 0 aliphatic heterocycles. The maximum absolute atomic E-state index is 12.6. The minimum absolute atomic E-state index is 0.215. The Morgan fingerprint density at radius 2 is 1.90 bits per heavy atom. The third kappa shape index (κ3) is 2.82. The van der Waals surface area contributed by atoms with Crippen LogP contribution < -0.4 is 0 Å². The van der Waals surface area contributed by atoms with Crippen molar-refractivity contribution in [2.45, 2.75) is 37.6 Å². The van der Waals surface area contributed by atoms with Crippen LogP contribution in [-0.2, 0) is 4.79 Å². The number of aliphatic carboxylic acids is 1. The molecule has 1 aromatic rings. The number of benzene rings is 1. The normalized spacial score (nSPS) is 17.5. The van der Waals surface area contributed by atoms with Gasteiger partial charge in [0.05, 0.1) is 0 Å². The van der Waals surface area contributed by atoms with Crippen LogP contribution in [0, 0.1) is 3.57 Å². The van der Waals surface area contributed by atoms with Gasteiger partial charge >= 0.3 is 5.97 Å². The Labute approximate surface area is 132 Å². The van der Waals surface area contributed by atoms with Gasteiger partial charge in [0.1, 0.15) is 5.54 Å². The maximum Gasteiger partial charge on any atom is 0.329 e. The number of likely N-dealkylation sites (N-methyl/N-ethyl adjacent to an activating group) is 1. The third-order valence-corrected chi connectivity index (χ3v) is 4.77. The topological polar surface area (TPSA) is 57.6 Å². The molecule has 1 amide bonds. The van der Waals surface area contributed by atoms with Crippen LogP contribution in [0.3, 0.4) is 0 Å². The number of rotatable bonds is 3. The second-order valence-electron chi connectivity index (χ2n) is 5.27. The van der Waals surface area contributed by atoms with E-state index in [9.17, 15) is 14.7 Å². The van der Waals surface area contributed by atoms with E-state index in [1.165, 1.54) is 4.90 Å². The summed E-state index contributed by atoms with van der Waals surface area (Å²) < 4.78 is 0.967. The summed E-state index contributed by atoms with van der Waals surface area (Å²) >= 11 is 2.15. The quantitative estimate of drug-likeness (QED) is 0.811. The van der Waals surface area contributed by atoms with Gasteiger partial charge in [-0.1, -0.05) is 25.3 Å². The summed E-state index contributed by atoms with van der Waals surface area (Å²) in [7, 11) is 1.61. The number of hydrogen-bond donors (Lipinski definition) is 1. The number of carboxylic acids is 1. The maximum atomic E-state index is 12.6. The van der Waals surface area contributed by atoms with Crippen LogP contribution in [0.15, 0.2) is 24.3 Å². The molecule has 0 radical (unpaired) electrons. The highest BCUT2D eigenvalue weighted by Gasteiger charge is 2.45. The van der Waals surface area contributed by atoms with Crippen LogP contribution >= 0.6 is 22.6 Å². The third-order valence-electron chi connectivity index (χ3n) is 4.10. The molecule has 108 valence electrons. The van der Waals surface area contributed by atoms with Gasteiger partial charge in [0.25, 0.3) is 5.91 Å². The van der Waals surface area contributed by atoms with Crippen molar-refractivity contribution in [1.82, 2.24) is 4.90 Å². The van der Waals surface area contributed by atoms with Gasteiger partial charge in [0, 0.05) is 16.2 Å². The summed E-state index contributed by atoms with van der Waals surface area (Å²) in [5.41, 5.74) is -0.498. The van der Waals surface area contributed by atoms with Gasteiger partial charge in [-0.3, -0.25) is 4.79 Å². The second-order valence-corrected chi connectivity index (χ2v) is 6.52. The molecule has 0 unspecified atom stereocenters. The van der Waals surface area contributed by atoms with Gasteiger partial charge in [0.2, 0.25) is 0 Å². The molecule has 1 N–H and O–H groups in total. The Bertz CT molecular complexity index is 524. The summed E-state index contributed by atoms with van der Waals surface area (Å²) in [5.74, 6) is -1.11. The Morgan fingerprint density at radius 3 is 2.45 bits per heavy atom. The van der Waals surface area contributed by atoms with Gasteiger partial charge in [0.15, 0.2) is 0 Å². The number of amides is 1. The monoisotopic (exact) mass is 387 g/mol. The van der Waals surface area contributed by atoms with Gasteiger partial charge in [-0.05, 0) is 53.6 Å². The molecule has 0 bridgehead atoms.